The Labute approximate surface area is 233 Å². The molecule has 0 bridgehead atoms. The predicted octanol–water partition coefficient (Wildman–Crippen LogP) is 5.84. The molecule has 0 amide bonds. The lowest BCUT2D eigenvalue weighted by Gasteiger charge is -2.34. The molecule has 2 aromatic carbocycles. The fraction of sp³-hybridized carbons (Fsp3) is 0.467. The summed E-state index contributed by atoms with van der Waals surface area (Å²) < 4.78 is 20.9. The van der Waals surface area contributed by atoms with Crippen molar-refractivity contribution in [3.63, 3.8) is 0 Å². The van der Waals surface area contributed by atoms with E-state index in [0.29, 0.717) is 47.0 Å². The first kappa shape index (κ1) is 29.1. The van der Waals surface area contributed by atoms with Crippen LogP contribution in [0, 0.1) is 11.8 Å². The number of carbonyl (C=O) groups is 2. The van der Waals surface area contributed by atoms with Crippen LogP contribution in [0.5, 0.6) is 23.0 Å². The van der Waals surface area contributed by atoms with Crippen LogP contribution in [-0.2, 0) is 19.6 Å². The molecule has 10 nitrogen and oxygen atoms in total. The van der Waals surface area contributed by atoms with E-state index >= 15 is 0 Å². The van der Waals surface area contributed by atoms with Crippen LogP contribution in [0.3, 0.4) is 0 Å². The Morgan fingerprint density at radius 2 is 1.25 bits per heavy atom. The maximum absolute atomic E-state index is 12.5. The van der Waals surface area contributed by atoms with Crippen molar-refractivity contribution in [3.8, 4) is 23.0 Å². The Morgan fingerprint density at radius 3 is 1.75 bits per heavy atom. The van der Waals surface area contributed by atoms with Crippen LogP contribution < -0.4 is 18.9 Å². The molecule has 40 heavy (non-hydrogen) atoms. The molecule has 0 aromatic heterocycles. The maximum Gasteiger partial charge on any atom is 0.389 e. The van der Waals surface area contributed by atoms with Crippen LogP contribution in [-0.4, -0.2) is 46.5 Å². The Hall–Kier alpha value is -3.92. The number of benzene rings is 2. The van der Waals surface area contributed by atoms with Gasteiger partial charge in [0.05, 0.1) is 28.4 Å². The van der Waals surface area contributed by atoms with E-state index in [9.17, 15) is 9.59 Å². The van der Waals surface area contributed by atoms with Gasteiger partial charge in [0.15, 0.2) is 5.76 Å². The zero-order chi connectivity index (χ0) is 28.5. The van der Waals surface area contributed by atoms with Crippen molar-refractivity contribution in [1.82, 2.24) is 0 Å². The van der Waals surface area contributed by atoms with E-state index < -0.39 is 11.9 Å². The topological polar surface area (TPSA) is 108 Å². The van der Waals surface area contributed by atoms with Gasteiger partial charge >= 0.3 is 11.9 Å². The fourth-order valence-electron chi connectivity index (χ4n) is 5.22. The lowest BCUT2D eigenvalue weighted by atomic mass is 9.74. The van der Waals surface area contributed by atoms with Crippen molar-refractivity contribution in [2.75, 3.05) is 28.4 Å². The summed E-state index contributed by atoms with van der Waals surface area (Å²) in [5.74, 6) is 2.34. The van der Waals surface area contributed by atoms with E-state index in [1.54, 1.807) is 43.5 Å². The summed E-state index contributed by atoms with van der Waals surface area (Å²) in [6, 6.07) is 9.73. The number of carbonyl (C=O) groups excluding carboxylic acids is 2. The predicted molar refractivity (Wildman–Crippen MR) is 143 cm³/mol. The molecule has 1 fully saturated rings. The zero-order valence-electron chi connectivity index (χ0n) is 23.3. The first-order valence-electron chi connectivity index (χ1n) is 13.3. The lowest BCUT2D eigenvalue weighted by Crippen LogP contribution is -2.28. The Kier molecular flexibility index (Phi) is 10.1. The fourth-order valence-corrected chi connectivity index (χ4v) is 5.22. The van der Waals surface area contributed by atoms with Crippen LogP contribution >= 0.6 is 0 Å². The molecule has 0 radical (unpaired) electrons. The molecule has 2 aromatic rings. The average Bonchev–Trinajstić information content (AvgIpc) is 3.02. The third-order valence-electron chi connectivity index (χ3n) is 7.54. The van der Waals surface area contributed by atoms with Gasteiger partial charge < -0.3 is 18.9 Å². The van der Waals surface area contributed by atoms with Crippen molar-refractivity contribution < 1.29 is 48.1 Å². The molecule has 10 heteroatoms. The normalized spacial score (nSPS) is 20.5. The summed E-state index contributed by atoms with van der Waals surface area (Å²) in [7, 11) is 6.04. The highest BCUT2D eigenvalue weighted by atomic mass is 17.2. The van der Waals surface area contributed by atoms with Gasteiger partial charge in [-0.05, 0) is 80.7 Å². The molecule has 216 valence electrons. The first-order valence-corrected chi connectivity index (χ1v) is 13.3. The van der Waals surface area contributed by atoms with Gasteiger partial charge in [-0.25, -0.2) is 14.5 Å². The molecule has 0 saturated heterocycles. The maximum atomic E-state index is 12.5. The summed E-state index contributed by atoms with van der Waals surface area (Å²) in [6.45, 7) is 0. The van der Waals surface area contributed by atoms with Gasteiger partial charge in [-0.1, -0.05) is 0 Å². The second kappa shape index (κ2) is 13.9. The molecule has 0 N–H and O–H groups in total. The van der Waals surface area contributed by atoms with Crippen LogP contribution in [0.2, 0.25) is 0 Å². The average molecular weight is 557 g/mol. The molecule has 1 unspecified atom stereocenters. The van der Waals surface area contributed by atoms with E-state index in [0.717, 1.165) is 38.5 Å². The number of methoxy groups -OCH3 is 4. The second-order valence-corrected chi connectivity index (χ2v) is 9.80. The van der Waals surface area contributed by atoms with Gasteiger partial charge in [0, 0.05) is 18.6 Å². The van der Waals surface area contributed by atoms with Crippen LogP contribution in [0.4, 0.5) is 0 Å². The Balaban J connectivity index is 1.19. The molecule has 2 aliphatic rings. The molecule has 0 heterocycles. The van der Waals surface area contributed by atoms with E-state index in [2.05, 4.69) is 0 Å². The summed E-state index contributed by atoms with van der Waals surface area (Å²) in [6.07, 6.45) is 7.92. The summed E-state index contributed by atoms with van der Waals surface area (Å²) in [5.41, 5.74) is 0.531. The SMILES string of the molecule is COc1ccc(C(=O)OOC2=CCC(C3CCC(OOC(=O)c4ccc(OC)cc4OC)CC3)CC2)c(OC)c1. The highest BCUT2D eigenvalue weighted by Gasteiger charge is 2.31. The van der Waals surface area contributed by atoms with Gasteiger partial charge in [0.2, 0.25) is 0 Å². The van der Waals surface area contributed by atoms with Gasteiger partial charge in [-0.2, -0.15) is 4.89 Å². The van der Waals surface area contributed by atoms with Crippen LogP contribution in [0.25, 0.3) is 0 Å². The van der Waals surface area contributed by atoms with Gasteiger partial charge in [0.1, 0.15) is 40.2 Å². The molecule has 0 aliphatic heterocycles. The van der Waals surface area contributed by atoms with E-state index in [1.807, 2.05) is 6.08 Å². The number of hydrogen-bond acceptors (Lipinski definition) is 10. The quantitative estimate of drug-likeness (QED) is 0.247. The molecule has 4 rings (SSSR count). The number of hydrogen-bond donors (Lipinski definition) is 0. The van der Waals surface area contributed by atoms with Gasteiger partial charge in [-0.15, -0.1) is 0 Å². The lowest BCUT2D eigenvalue weighted by molar-refractivity contribution is -0.281. The molecule has 1 atom stereocenters. The standard InChI is InChI=1S/C30H36O10/c1-33-23-13-15-25(27(17-23)35-3)29(31)39-37-21-9-5-19(6-10-21)20-7-11-22(12-8-20)38-40-30(32)26-16-14-24(34-2)18-28(26)36-4/h9,13-20,22H,5-8,10-12H2,1-4H3. The zero-order valence-corrected chi connectivity index (χ0v) is 23.3. The summed E-state index contributed by atoms with van der Waals surface area (Å²) in [4.78, 5) is 46.1. The minimum atomic E-state index is -0.632. The second-order valence-electron chi connectivity index (χ2n) is 9.80. The summed E-state index contributed by atoms with van der Waals surface area (Å²) in [5, 5.41) is 0. The minimum Gasteiger partial charge on any atom is -0.497 e. The number of rotatable bonds is 11. The van der Waals surface area contributed by atoms with Crippen molar-refractivity contribution in [2.45, 2.75) is 51.0 Å². The smallest absolute Gasteiger partial charge is 0.389 e. The summed E-state index contributed by atoms with van der Waals surface area (Å²) >= 11 is 0. The van der Waals surface area contributed by atoms with E-state index in [1.165, 1.54) is 21.3 Å². The Morgan fingerprint density at radius 1 is 0.675 bits per heavy atom. The number of ether oxygens (including phenoxy) is 4. The monoisotopic (exact) mass is 556 g/mol. The first-order chi connectivity index (χ1) is 19.4. The largest absolute Gasteiger partial charge is 0.497 e. The van der Waals surface area contributed by atoms with Crippen molar-refractivity contribution in [2.24, 2.45) is 11.8 Å². The molecular formula is C30H36O10. The molecular weight excluding hydrogens is 520 g/mol. The van der Waals surface area contributed by atoms with Gasteiger partial charge in [0.25, 0.3) is 0 Å². The van der Waals surface area contributed by atoms with Crippen LogP contribution in [0.15, 0.2) is 48.2 Å². The van der Waals surface area contributed by atoms with E-state index in [4.69, 9.17) is 38.5 Å². The van der Waals surface area contributed by atoms with Crippen LogP contribution in [0.1, 0.15) is 65.7 Å². The molecule has 2 aliphatic carbocycles. The third kappa shape index (κ3) is 7.18. The van der Waals surface area contributed by atoms with Gasteiger partial charge in [-0.3, -0.25) is 9.78 Å². The van der Waals surface area contributed by atoms with Crippen molar-refractivity contribution >= 4 is 11.9 Å². The number of allylic oxidation sites excluding steroid dienone is 2. The highest BCUT2D eigenvalue weighted by Crippen LogP contribution is 2.39. The van der Waals surface area contributed by atoms with Crippen molar-refractivity contribution in [3.05, 3.63) is 59.4 Å². The van der Waals surface area contributed by atoms with E-state index in [-0.39, 0.29) is 17.2 Å². The van der Waals surface area contributed by atoms with Crippen molar-refractivity contribution in [1.29, 1.82) is 0 Å². The Bertz CT molecular complexity index is 1200. The molecule has 1 saturated carbocycles. The third-order valence-corrected chi connectivity index (χ3v) is 7.54. The molecule has 0 spiro atoms. The minimum absolute atomic E-state index is 0.142. The highest BCUT2D eigenvalue weighted by molar-refractivity contribution is 5.93.